The molecule has 0 aromatic carbocycles. The van der Waals surface area contributed by atoms with E-state index in [1.54, 1.807) is 0 Å². The Labute approximate surface area is 147 Å². The van der Waals surface area contributed by atoms with Gasteiger partial charge in [-0.25, -0.2) is 4.98 Å². The summed E-state index contributed by atoms with van der Waals surface area (Å²) < 4.78 is 5.40. The molecular weight excluding hydrogens is 318 g/mol. The molecule has 25 heavy (non-hydrogen) atoms. The van der Waals surface area contributed by atoms with E-state index in [-0.39, 0.29) is 0 Å². The predicted molar refractivity (Wildman–Crippen MR) is 96.1 cm³/mol. The molecule has 0 spiro atoms. The Balaban J connectivity index is 1.38. The Morgan fingerprint density at radius 3 is 2.72 bits per heavy atom. The average Bonchev–Trinajstić information content (AvgIpc) is 3.12. The van der Waals surface area contributed by atoms with Crippen molar-refractivity contribution < 1.29 is 4.74 Å². The van der Waals surface area contributed by atoms with Gasteiger partial charge in [0.2, 0.25) is 5.95 Å². The van der Waals surface area contributed by atoms with Gasteiger partial charge in [0.1, 0.15) is 5.82 Å². The molecule has 8 heteroatoms. The van der Waals surface area contributed by atoms with Crippen molar-refractivity contribution in [3.63, 3.8) is 0 Å². The molecule has 0 radical (unpaired) electrons. The van der Waals surface area contributed by atoms with E-state index in [0.29, 0.717) is 12.0 Å². The molecule has 1 N–H and O–H groups in total. The van der Waals surface area contributed by atoms with Gasteiger partial charge in [-0.1, -0.05) is 0 Å². The molecular formula is C17H23N7O. The summed E-state index contributed by atoms with van der Waals surface area (Å²) in [6.07, 6.45) is 2.85. The SMILES string of the molecule is Cc1ccc(N2CCC(Nc3nccc(N4CCOCC4)n3)C2)nn1. The monoisotopic (exact) mass is 341 g/mol. The highest BCUT2D eigenvalue weighted by Crippen LogP contribution is 2.20. The normalized spacial score (nSPS) is 20.8. The first kappa shape index (κ1) is 16.0. The topological polar surface area (TPSA) is 79.3 Å². The van der Waals surface area contributed by atoms with Gasteiger partial charge in [-0.3, -0.25) is 0 Å². The summed E-state index contributed by atoms with van der Waals surface area (Å²) in [7, 11) is 0. The van der Waals surface area contributed by atoms with Gasteiger partial charge < -0.3 is 19.9 Å². The van der Waals surface area contributed by atoms with E-state index in [4.69, 9.17) is 4.74 Å². The molecule has 0 aliphatic carbocycles. The highest BCUT2D eigenvalue weighted by Gasteiger charge is 2.24. The first-order chi connectivity index (χ1) is 12.3. The van der Waals surface area contributed by atoms with Crippen molar-refractivity contribution in [2.24, 2.45) is 0 Å². The summed E-state index contributed by atoms with van der Waals surface area (Å²) in [5.41, 5.74) is 0.936. The van der Waals surface area contributed by atoms with Crippen LogP contribution in [0, 0.1) is 6.92 Å². The summed E-state index contributed by atoms with van der Waals surface area (Å²) in [6.45, 7) is 7.04. The largest absolute Gasteiger partial charge is 0.378 e. The molecule has 2 aliphatic rings. The number of morpholine rings is 1. The Morgan fingerprint density at radius 2 is 1.92 bits per heavy atom. The third-order valence-corrected chi connectivity index (χ3v) is 4.61. The van der Waals surface area contributed by atoms with Crippen LogP contribution in [0.3, 0.4) is 0 Å². The molecule has 0 saturated carbocycles. The standard InChI is InChI=1S/C17H23N7O/c1-13-2-3-16(22-21-13)24-7-5-14(12-24)19-17-18-6-4-15(20-17)23-8-10-25-11-9-23/h2-4,6,14H,5,7-12H2,1H3,(H,18,19,20). The molecule has 1 atom stereocenters. The number of anilines is 3. The maximum absolute atomic E-state index is 5.40. The molecule has 0 amide bonds. The van der Waals surface area contributed by atoms with Gasteiger partial charge in [-0.05, 0) is 31.5 Å². The van der Waals surface area contributed by atoms with E-state index in [0.717, 1.165) is 63.1 Å². The van der Waals surface area contributed by atoms with Crippen molar-refractivity contribution >= 4 is 17.6 Å². The van der Waals surface area contributed by atoms with Crippen LogP contribution in [0.2, 0.25) is 0 Å². The van der Waals surface area contributed by atoms with Crippen molar-refractivity contribution in [3.05, 3.63) is 30.1 Å². The summed E-state index contributed by atoms with van der Waals surface area (Å²) >= 11 is 0. The number of hydrogen-bond acceptors (Lipinski definition) is 8. The predicted octanol–water partition coefficient (Wildman–Crippen LogP) is 1.10. The lowest BCUT2D eigenvalue weighted by Gasteiger charge is -2.28. The third kappa shape index (κ3) is 3.79. The summed E-state index contributed by atoms with van der Waals surface area (Å²) in [6, 6.07) is 6.29. The Hall–Kier alpha value is -2.48. The van der Waals surface area contributed by atoms with Gasteiger partial charge in [0.05, 0.1) is 18.9 Å². The molecule has 0 bridgehead atoms. The minimum Gasteiger partial charge on any atom is -0.378 e. The number of aromatic nitrogens is 4. The van der Waals surface area contributed by atoms with E-state index < -0.39 is 0 Å². The molecule has 1 unspecified atom stereocenters. The van der Waals surface area contributed by atoms with Gasteiger partial charge in [-0.15, -0.1) is 5.10 Å². The van der Waals surface area contributed by atoms with E-state index in [2.05, 4.69) is 35.3 Å². The summed E-state index contributed by atoms with van der Waals surface area (Å²) in [5, 5.41) is 11.9. The highest BCUT2D eigenvalue weighted by atomic mass is 16.5. The molecule has 2 aliphatic heterocycles. The first-order valence-corrected chi connectivity index (χ1v) is 8.75. The number of ether oxygens (including phenoxy) is 1. The van der Waals surface area contributed by atoms with Crippen molar-refractivity contribution in [2.75, 3.05) is 54.5 Å². The lowest BCUT2D eigenvalue weighted by atomic mass is 10.3. The minimum atomic E-state index is 0.308. The van der Waals surface area contributed by atoms with Crippen LogP contribution in [-0.4, -0.2) is 65.6 Å². The second-order valence-electron chi connectivity index (χ2n) is 6.45. The van der Waals surface area contributed by atoms with Crippen molar-refractivity contribution in [1.82, 2.24) is 20.2 Å². The Kier molecular flexibility index (Phi) is 4.60. The molecule has 2 aromatic rings. The zero-order chi connectivity index (χ0) is 17.1. The van der Waals surface area contributed by atoms with Crippen LogP contribution < -0.4 is 15.1 Å². The van der Waals surface area contributed by atoms with Gasteiger partial charge >= 0.3 is 0 Å². The second kappa shape index (κ2) is 7.18. The van der Waals surface area contributed by atoms with Gasteiger partial charge in [0.15, 0.2) is 5.82 Å². The van der Waals surface area contributed by atoms with Crippen LogP contribution >= 0.6 is 0 Å². The van der Waals surface area contributed by atoms with Crippen LogP contribution in [0.15, 0.2) is 24.4 Å². The van der Waals surface area contributed by atoms with Gasteiger partial charge in [-0.2, -0.15) is 10.1 Å². The molecule has 8 nitrogen and oxygen atoms in total. The van der Waals surface area contributed by atoms with Crippen LogP contribution in [0.1, 0.15) is 12.1 Å². The van der Waals surface area contributed by atoms with E-state index in [1.807, 2.05) is 31.3 Å². The lowest BCUT2D eigenvalue weighted by molar-refractivity contribution is 0.122. The minimum absolute atomic E-state index is 0.308. The molecule has 2 aromatic heterocycles. The fourth-order valence-electron chi connectivity index (χ4n) is 3.22. The van der Waals surface area contributed by atoms with Crippen LogP contribution in [0.4, 0.5) is 17.6 Å². The van der Waals surface area contributed by atoms with Crippen molar-refractivity contribution in [2.45, 2.75) is 19.4 Å². The van der Waals surface area contributed by atoms with Crippen LogP contribution in [0.5, 0.6) is 0 Å². The van der Waals surface area contributed by atoms with Crippen LogP contribution in [-0.2, 0) is 4.74 Å². The van der Waals surface area contributed by atoms with E-state index in [1.165, 1.54) is 0 Å². The number of aryl methyl sites for hydroxylation is 1. The maximum atomic E-state index is 5.40. The number of hydrogen-bond donors (Lipinski definition) is 1. The molecule has 2 saturated heterocycles. The molecule has 2 fully saturated rings. The average molecular weight is 341 g/mol. The lowest BCUT2D eigenvalue weighted by Crippen LogP contribution is -2.37. The van der Waals surface area contributed by atoms with Crippen molar-refractivity contribution in [1.29, 1.82) is 0 Å². The number of nitrogens with zero attached hydrogens (tertiary/aromatic N) is 6. The maximum Gasteiger partial charge on any atom is 0.224 e. The third-order valence-electron chi connectivity index (χ3n) is 4.61. The quantitative estimate of drug-likeness (QED) is 0.886. The molecule has 132 valence electrons. The van der Waals surface area contributed by atoms with Crippen LogP contribution in [0.25, 0.3) is 0 Å². The van der Waals surface area contributed by atoms with E-state index in [9.17, 15) is 0 Å². The van der Waals surface area contributed by atoms with E-state index >= 15 is 0 Å². The summed E-state index contributed by atoms with van der Waals surface area (Å²) in [5.74, 6) is 2.57. The zero-order valence-electron chi connectivity index (χ0n) is 14.4. The molecule has 4 heterocycles. The van der Waals surface area contributed by atoms with Gasteiger partial charge in [0, 0.05) is 38.4 Å². The summed E-state index contributed by atoms with van der Waals surface area (Å²) in [4.78, 5) is 13.5. The second-order valence-corrected chi connectivity index (χ2v) is 6.45. The molecule has 4 rings (SSSR count). The number of rotatable bonds is 4. The van der Waals surface area contributed by atoms with Crippen molar-refractivity contribution in [3.8, 4) is 0 Å². The Morgan fingerprint density at radius 1 is 1.04 bits per heavy atom. The Bertz CT molecular complexity index is 702. The highest BCUT2D eigenvalue weighted by molar-refractivity contribution is 5.45. The smallest absolute Gasteiger partial charge is 0.224 e. The fraction of sp³-hybridized carbons (Fsp3) is 0.529. The number of nitrogens with one attached hydrogen (secondary N) is 1. The van der Waals surface area contributed by atoms with Gasteiger partial charge in [0.25, 0.3) is 0 Å². The fourth-order valence-corrected chi connectivity index (χ4v) is 3.22. The zero-order valence-corrected chi connectivity index (χ0v) is 14.4. The first-order valence-electron chi connectivity index (χ1n) is 8.75.